The molecule has 0 bridgehead atoms. The van der Waals surface area contributed by atoms with Crippen LogP contribution in [0.1, 0.15) is 73.8 Å². The molecule has 3 rings (SSSR count). The number of nitrogens with two attached hydrogens (primary N) is 3. The molecule has 1 fully saturated rings. The second kappa shape index (κ2) is 14.4. The van der Waals surface area contributed by atoms with Gasteiger partial charge in [0.1, 0.15) is 5.75 Å². The summed E-state index contributed by atoms with van der Waals surface area (Å²) in [5.41, 5.74) is 1.10. The summed E-state index contributed by atoms with van der Waals surface area (Å²) in [5.74, 6) is 15.3. The number of para-hydroxylation sites is 1. The molecule has 0 radical (unpaired) electrons. The highest BCUT2D eigenvalue weighted by atomic mass is 16.7. The Morgan fingerprint density at radius 1 is 0.960 bits per heavy atom. The van der Waals surface area contributed by atoms with E-state index in [1.54, 1.807) is 12.1 Å². The number of hydrogen-bond acceptors (Lipinski definition) is 7. The van der Waals surface area contributed by atoms with E-state index in [-0.39, 0.29) is 7.72 Å². The van der Waals surface area contributed by atoms with Crippen molar-refractivity contribution in [3.8, 4) is 5.75 Å². The summed E-state index contributed by atoms with van der Waals surface area (Å²) in [6, 6.07) is 19.0. The lowest BCUT2D eigenvalue weighted by Gasteiger charge is -2.19. The minimum Gasteiger partial charge on any atom is -0.412 e. The maximum absolute atomic E-state index is 5.08. The van der Waals surface area contributed by atoms with Crippen LogP contribution in [0.25, 0.3) is 0 Å². The molecule has 7 heteroatoms. The van der Waals surface area contributed by atoms with Gasteiger partial charge in [-0.2, -0.15) is 5.90 Å². The maximum atomic E-state index is 5.08. The number of hydrogen-bond donors (Lipinski definition) is 3. The standard InChI is InChI=1S/C7H9NO.C6H7NO.C5H11NO2.17H2/c8-9-6-7-4-2-1-3-5-7;7-8-6-4-2-1-3-5-6;6-8-5-3-1-2-4-7-5;;;;;;;;;;;;;;;;;/h1-5H,6,8H2;1-5H,7H2;5H,1-4,6H2;17*1H/i;;;16*1+1D;1+1. The molecule has 1 unspecified atom stereocenters. The molecule has 2 aromatic rings. The van der Waals surface area contributed by atoms with Crippen molar-refractivity contribution in [3.05, 3.63) is 66.2 Å². The molecule has 172 valence electrons. The average molecular weight is 417 g/mol. The van der Waals surface area contributed by atoms with Gasteiger partial charge in [-0.25, -0.2) is 11.8 Å². The molecule has 1 saturated heterocycles. The van der Waals surface area contributed by atoms with Crippen molar-refractivity contribution < 1.29 is 68.2 Å². The summed E-state index contributed by atoms with van der Waals surface area (Å²) < 4.78 is 165. The Labute approximate surface area is 199 Å². The Bertz CT molecular complexity index is 580. The highest BCUT2D eigenvalue weighted by Crippen LogP contribution is 2.11. The van der Waals surface area contributed by atoms with Crippen molar-refractivity contribution in [2.75, 3.05) is 6.61 Å². The van der Waals surface area contributed by atoms with Crippen molar-refractivity contribution in [1.29, 1.82) is 0 Å². The van der Waals surface area contributed by atoms with Gasteiger partial charge in [0.15, 0.2) is 6.29 Å². The van der Waals surface area contributed by atoms with Crippen molar-refractivity contribution >= 4 is 0 Å². The van der Waals surface area contributed by atoms with Crippen LogP contribution in [0, 0.1) is 0 Å². The fourth-order valence-electron chi connectivity index (χ4n) is 1.99. The third-order valence-corrected chi connectivity index (χ3v) is 3.26. The van der Waals surface area contributed by atoms with E-state index in [1.165, 1.54) is 6.42 Å². The summed E-state index contributed by atoms with van der Waals surface area (Å²) >= 11 is 0. The third kappa shape index (κ3) is 10.5. The highest BCUT2D eigenvalue weighted by molar-refractivity contribution is 5.20. The molecule has 25 heavy (non-hydrogen) atoms. The highest BCUT2D eigenvalue weighted by Gasteiger charge is 2.11. The Hall–Kier alpha value is -2.00. The van der Waals surface area contributed by atoms with Crippen molar-refractivity contribution in [2.24, 2.45) is 17.7 Å². The quantitative estimate of drug-likeness (QED) is 0.480. The van der Waals surface area contributed by atoms with Crippen LogP contribution in [-0.4, -0.2) is 12.9 Å². The predicted molar refractivity (Wildman–Crippen MR) is 131 cm³/mol. The number of ether oxygens (including phenoxy) is 1. The smallest absolute Gasteiger partial charge is 0.176 e. The Balaban J connectivity index is -0.0000000216. The molecular formula is C18H61N3O4. The summed E-state index contributed by atoms with van der Waals surface area (Å²) in [6.45, 7) is 1.28. The molecule has 0 saturated carbocycles. The fourth-order valence-corrected chi connectivity index (χ4v) is 1.99. The van der Waals surface area contributed by atoms with Crippen molar-refractivity contribution in [2.45, 2.75) is 32.2 Å². The molecule has 1 atom stereocenters. The van der Waals surface area contributed by atoms with Gasteiger partial charge in [0, 0.05) is 62.0 Å². The van der Waals surface area contributed by atoms with Crippen LogP contribution in [0.2, 0.25) is 0 Å². The van der Waals surface area contributed by atoms with Crippen LogP contribution >= 0.6 is 0 Å². The second-order valence-electron chi connectivity index (χ2n) is 5.16. The first-order valence-electron chi connectivity index (χ1n) is 24.0. The molecule has 2 aromatic carbocycles. The van der Waals surface area contributed by atoms with E-state index < -0.39 is 0 Å². The van der Waals surface area contributed by atoms with Gasteiger partial charge < -0.3 is 9.57 Å². The Morgan fingerprint density at radius 3 is 2.00 bits per heavy atom. The van der Waals surface area contributed by atoms with E-state index in [1.807, 2.05) is 48.5 Å². The topological polar surface area (TPSA) is 115 Å². The molecule has 6 N–H and O–H groups in total. The zero-order chi connectivity index (χ0) is 50.2. The molecule has 0 amide bonds. The SMILES string of the molecule is NOC1CCCCO1.NOCc1ccccc1.NOc1ccccc1.[2HH].[2H][2H].[2H][2H].[2H][2H].[2H][2H].[2H][2H].[2H][2H].[2H][2H].[2H][2H].[2H][2H].[2H][2H].[2H][2H].[2H][2H].[2H][2H].[2H][2H].[2H][2H].[2H][2H]. The van der Waals surface area contributed by atoms with E-state index in [4.69, 9.17) is 69.9 Å². The van der Waals surface area contributed by atoms with Crippen LogP contribution in [0.3, 0.4) is 0 Å². The van der Waals surface area contributed by atoms with Crippen LogP contribution in [-0.2, 0) is 21.0 Å². The molecule has 1 aliphatic rings. The van der Waals surface area contributed by atoms with Crippen molar-refractivity contribution in [1.82, 2.24) is 0 Å². The Morgan fingerprint density at radius 2 is 1.60 bits per heavy atom. The predicted octanol–water partition coefficient (Wildman–Crippen LogP) is 6.60. The van der Waals surface area contributed by atoms with Gasteiger partial charge in [0.05, 0.1) is 6.61 Å². The lowest BCUT2D eigenvalue weighted by molar-refractivity contribution is -0.164. The van der Waals surface area contributed by atoms with Gasteiger partial charge in [0.25, 0.3) is 0 Å². The van der Waals surface area contributed by atoms with Gasteiger partial charge in [0.2, 0.25) is 0 Å². The second-order valence-corrected chi connectivity index (χ2v) is 5.16. The molecule has 0 spiro atoms. The number of benzene rings is 2. The molecule has 7 nitrogen and oxygen atoms in total. The Kier molecular flexibility index (Phi) is 4.20. The van der Waals surface area contributed by atoms with E-state index in [0.717, 1.165) is 25.0 Å². The first kappa shape index (κ1) is 7.32. The van der Waals surface area contributed by atoms with Crippen LogP contribution < -0.4 is 22.5 Å². The maximum Gasteiger partial charge on any atom is 0.176 e. The van der Waals surface area contributed by atoms with Crippen molar-refractivity contribution in [3.63, 3.8) is 0 Å². The van der Waals surface area contributed by atoms with E-state index >= 15 is 0 Å². The third-order valence-electron chi connectivity index (χ3n) is 3.26. The fraction of sp³-hybridized carbons (Fsp3) is 0.333. The van der Waals surface area contributed by atoms with Gasteiger partial charge in [-0.15, -0.1) is 0 Å². The molecule has 1 aliphatic heterocycles. The molecular weight excluding hydrogens is 322 g/mol. The monoisotopic (exact) mass is 417 g/mol. The molecule has 1 heterocycles. The van der Waals surface area contributed by atoms with E-state index in [2.05, 4.69) is 14.5 Å². The normalized spacial score (nSPS) is 21.0. The van der Waals surface area contributed by atoms with Crippen LogP contribution in [0.15, 0.2) is 60.7 Å². The lowest BCUT2D eigenvalue weighted by Crippen LogP contribution is -2.24. The molecule has 0 aromatic heterocycles. The van der Waals surface area contributed by atoms with E-state index in [0.29, 0.717) is 12.4 Å². The first-order valence-corrected chi connectivity index (χ1v) is 8.04. The number of rotatable bonds is 4. The molecule has 0 aliphatic carbocycles. The summed E-state index contributed by atoms with van der Waals surface area (Å²) in [5, 5.41) is 0. The van der Waals surface area contributed by atoms with E-state index in [9.17, 15) is 0 Å². The zero-order valence-corrected chi connectivity index (χ0v) is 14.3. The van der Waals surface area contributed by atoms with Gasteiger partial charge in [-0.3, -0.25) is 9.68 Å². The lowest BCUT2D eigenvalue weighted by atomic mass is 10.2. The minimum atomic E-state index is -0.135. The summed E-state index contributed by atoms with van der Waals surface area (Å²) in [4.78, 5) is 13.3. The zero-order valence-electron chi connectivity index (χ0n) is 46.3. The first-order chi connectivity index (χ1) is 28.3. The summed E-state index contributed by atoms with van der Waals surface area (Å²) in [7, 11) is 0. The van der Waals surface area contributed by atoms with Crippen LogP contribution in [0.4, 0.5) is 0 Å². The van der Waals surface area contributed by atoms with Gasteiger partial charge in [-0.05, 0) is 30.5 Å². The largest absolute Gasteiger partial charge is 0.412 e. The van der Waals surface area contributed by atoms with Gasteiger partial charge in [-0.1, -0.05) is 48.5 Å². The summed E-state index contributed by atoms with van der Waals surface area (Å²) in [6.07, 6.45) is 3.11. The van der Waals surface area contributed by atoms with Crippen LogP contribution in [0.5, 0.6) is 5.75 Å². The minimum absolute atomic E-state index is 0. The average Bonchev–Trinajstić information content (AvgIpc) is 3.40. The van der Waals surface area contributed by atoms with Gasteiger partial charge >= 0.3 is 0 Å².